The summed E-state index contributed by atoms with van der Waals surface area (Å²) in [5, 5.41) is 0.627. The monoisotopic (exact) mass is 315 g/mol. The number of hydrogen-bond donors (Lipinski definition) is 0. The van der Waals surface area contributed by atoms with Crippen molar-refractivity contribution in [1.82, 2.24) is 14.5 Å². The van der Waals surface area contributed by atoms with Crippen molar-refractivity contribution in [3.05, 3.63) is 53.4 Å². The zero-order valence-corrected chi connectivity index (χ0v) is 12.7. The largest absolute Gasteiger partial charge is 0.466 e. The minimum Gasteiger partial charge on any atom is -0.466 e. The van der Waals surface area contributed by atoms with E-state index in [-0.39, 0.29) is 5.97 Å². The summed E-state index contributed by atoms with van der Waals surface area (Å²) >= 11 is 6.32. The lowest BCUT2D eigenvalue weighted by atomic mass is 10.1. The molecule has 0 aliphatic heterocycles. The SMILES string of the molecule is CC(=O)OCCc1ccc(-n2cnc3cccnc32)cc1Cl. The standard InChI is InChI=1S/C16H14ClN3O2/c1-11(21)22-8-6-12-4-5-13(9-14(12)17)20-10-19-15-3-2-7-18-16(15)20/h2-5,7,9-10H,6,8H2,1H3. The number of ether oxygens (including phenoxy) is 1. The number of halogens is 1. The maximum absolute atomic E-state index is 10.8. The van der Waals surface area contributed by atoms with Gasteiger partial charge in [0.05, 0.1) is 12.3 Å². The van der Waals surface area contributed by atoms with Gasteiger partial charge in [-0.25, -0.2) is 9.97 Å². The Morgan fingerprint density at radius 3 is 2.95 bits per heavy atom. The van der Waals surface area contributed by atoms with Crippen molar-refractivity contribution in [1.29, 1.82) is 0 Å². The van der Waals surface area contributed by atoms with E-state index in [2.05, 4.69) is 9.97 Å². The van der Waals surface area contributed by atoms with Crippen LogP contribution in [0.5, 0.6) is 0 Å². The number of carbonyl (C=O) groups excluding carboxylic acids is 1. The van der Waals surface area contributed by atoms with Crippen molar-refractivity contribution in [2.75, 3.05) is 6.61 Å². The Morgan fingerprint density at radius 2 is 2.18 bits per heavy atom. The zero-order chi connectivity index (χ0) is 15.5. The fraction of sp³-hybridized carbons (Fsp3) is 0.188. The number of hydrogen-bond acceptors (Lipinski definition) is 4. The van der Waals surface area contributed by atoms with E-state index in [1.165, 1.54) is 6.92 Å². The maximum atomic E-state index is 10.8. The second kappa shape index (κ2) is 6.15. The van der Waals surface area contributed by atoms with Crippen LogP contribution >= 0.6 is 11.6 Å². The summed E-state index contributed by atoms with van der Waals surface area (Å²) in [6, 6.07) is 9.50. The molecule has 0 amide bonds. The summed E-state index contributed by atoms with van der Waals surface area (Å²) in [6.45, 7) is 1.71. The highest BCUT2D eigenvalue weighted by atomic mass is 35.5. The molecule has 2 aromatic heterocycles. The van der Waals surface area contributed by atoms with E-state index < -0.39 is 0 Å². The van der Waals surface area contributed by atoms with Crippen LogP contribution in [0.25, 0.3) is 16.9 Å². The van der Waals surface area contributed by atoms with Crippen molar-refractivity contribution in [2.45, 2.75) is 13.3 Å². The molecule has 0 saturated carbocycles. The smallest absolute Gasteiger partial charge is 0.302 e. The summed E-state index contributed by atoms with van der Waals surface area (Å²) in [6.07, 6.45) is 4.04. The van der Waals surface area contributed by atoms with Crippen LogP contribution in [0.1, 0.15) is 12.5 Å². The predicted octanol–water partition coefficient (Wildman–Crippen LogP) is 3.18. The highest BCUT2D eigenvalue weighted by molar-refractivity contribution is 6.31. The second-order valence-electron chi connectivity index (χ2n) is 4.83. The van der Waals surface area contributed by atoms with Gasteiger partial charge in [0.15, 0.2) is 5.65 Å². The van der Waals surface area contributed by atoms with Crippen LogP contribution in [-0.4, -0.2) is 27.1 Å². The molecule has 1 aromatic carbocycles. The molecular weight excluding hydrogens is 302 g/mol. The van der Waals surface area contributed by atoms with Crippen molar-refractivity contribution < 1.29 is 9.53 Å². The molecule has 5 nitrogen and oxygen atoms in total. The van der Waals surface area contributed by atoms with Crippen LogP contribution in [0.3, 0.4) is 0 Å². The first-order chi connectivity index (χ1) is 10.6. The van der Waals surface area contributed by atoms with E-state index in [0.717, 1.165) is 22.4 Å². The van der Waals surface area contributed by atoms with Crippen molar-refractivity contribution in [3.63, 3.8) is 0 Å². The van der Waals surface area contributed by atoms with Gasteiger partial charge in [0.1, 0.15) is 11.8 Å². The first-order valence-corrected chi connectivity index (χ1v) is 7.23. The molecule has 0 aliphatic rings. The Bertz CT molecular complexity index is 829. The molecule has 0 N–H and O–H groups in total. The Morgan fingerprint density at radius 1 is 1.32 bits per heavy atom. The predicted molar refractivity (Wildman–Crippen MR) is 84.2 cm³/mol. The lowest BCUT2D eigenvalue weighted by molar-refractivity contribution is -0.140. The number of benzene rings is 1. The van der Waals surface area contributed by atoms with E-state index in [0.29, 0.717) is 18.1 Å². The lowest BCUT2D eigenvalue weighted by Gasteiger charge is -2.08. The molecule has 2 heterocycles. The molecule has 0 fully saturated rings. The first-order valence-electron chi connectivity index (χ1n) is 6.85. The zero-order valence-electron chi connectivity index (χ0n) is 12.0. The van der Waals surface area contributed by atoms with Gasteiger partial charge >= 0.3 is 5.97 Å². The summed E-state index contributed by atoms with van der Waals surface area (Å²) in [5.41, 5.74) is 3.44. The average molecular weight is 316 g/mol. The summed E-state index contributed by atoms with van der Waals surface area (Å²) < 4.78 is 6.82. The fourth-order valence-electron chi connectivity index (χ4n) is 2.23. The van der Waals surface area contributed by atoms with Crippen LogP contribution in [0.4, 0.5) is 0 Å². The Hall–Kier alpha value is -2.40. The topological polar surface area (TPSA) is 57.0 Å². The third kappa shape index (κ3) is 2.94. The van der Waals surface area contributed by atoms with Crippen molar-refractivity contribution in [2.24, 2.45) is 0 Å². The van der Waals surface area contributed by atoms with Gasteiger partial charge in [0.25, 0.3) is 0 Å². The second-order valence-corrected chi connectivity index (χ2v) is 5.23. The van der Waals surface area contributed by atoms with Crippen molar-refractivity contribution in [3.8, 4) is 5.69 Å². The van der Waals surface area contributed by atoms with Gasteiger partial charge in [-0.05, 0) is 29.8 Å². The molecule has 0 unspecified atom stereocenters. The van der Waals surface area contributed by atoms with Crippen molar-refractivity contribution >= 4 is 28.7 Å². The molecule has 0 radical (unpaired) electrons. The molecule has 6 heteroatoms. The van der Waals surface area contributed by atoms with E-state index in [9.17, 15) is 4.79 Å². The molecule has 22 heavy (non-hydrogen) atoms. The van der Waals surface area contributed by atoms with Gasteiger partial charge in [-0.1, -0.05) is 17.7 Å². The van der Waals surface area contributed by atoms with Gasteiger partial charge in [0.2, 0.25) is 0 Å². The molecule has 0 saturated heterocycles. The van der Waals surface area contributed by atoms with Crippen LogP contribution < -0.4 is 0 Å². The fourth-order valence-corrected chi connectivity index (χ4v) is 2.50. The maximum Gasteiger partial charge on any atom is 0.302 e. The van der Waals surface area contributed by atoms with E-state index in [1.807, 2.05) is 34.9 Å². The van der Waals surface area contributed by atoms with E-state index >= 15 is 0 Å². The molecule has 0 aliphatic carbocycles. The van der Waals surface area contributed by atoms with Gasteiger partial charge in [-0.2, -0.15) is 0 Å². The third-order valence-electron chi connectivity index (χ3n) is 3.30. The number of nitrogens with zero attached hydrogens (tertiary/aromatic N) is 3. The number of esters is 1. The number of pyridine rings is 1. The number of imidazole rings is 1. The Kier molecular flexibility index (Phi) is 4.06. The normalized spacial score (nSPS) is 10.8. The highest BCUT2D eigenvalue weighted by Gasteiger charge is 2.08. The van der Waals surface area contributed by atoms with Crippen LogP contribution in [0.15, 0.2) is 42.9 Å². The van der Waals surface area contributed by atoms with Crippen LogP contribution in [0.2, 0.25) is 5.02 Å². The summed E-state index contributed by atoms with van der Waals surface area (Å²) in [4.78, 5) is 19.4. The molecule has 0 spiro atoms. The molecular formula is C16H14ClN3O2. The third-order valence-corrected chi connectivity index (χ3v) is 3.65. The van der Waals surface area contributed by atoms with Gasteiger partial charge in [0, 0.05) is 24.6 Å². The van der Waals surface area contributed by atoms with Gasteiger partial charge in [-0.15, -0.1) is 0 Å². The molecule has 0 atom stereocenters. The van der Waals surface area contributed by atoms with E-state index in [1.54, 1.807) is 12.5 Å². The first kappa shape index (κ1) is 14.5. The average Bonchev–Trinajstić information content (AvgIpc) is 2.92. The van der Waals surface area contributed by atoms with Gasteiger partial charge in [-0.3, -0.25) is 9.36 Å². The highest BCUT2D eigenvalue weighted by Crippen LogP contribution is 2.23. The minimum absolute atomic E-state index is 0.288. The molecule has 0 bridgehead atoms. The number of carbonyl (C=O) groups is 1. The minimum atomic E-state index is -0.288. The van der Waals surface area contributed by atoms with Crippen LogP contribution in [-0.2, 0) is 16.0 Å². The Labute approximate surface area is 132 Å². The Balaban J connectivity index is 1.87. The number of rotatable bonds is 4. The quantitative estimate of drug-likeness (QED) is 0.694. The van der Waals surface area contributed by atoms with E-state index in [4.69, 9.17) is 16.3 Å². The summed E-state index contributed by atoms with van der Waals surface area (Å²) in [5.74, 6) is -0.288. The van der Waals surface area contributed by atoms with Crippen LogP contribution in [0, 0.1) is 0 Å². The molecule has 3 aromatic rings. The lowest BCUT2D eigenvalue weighted by Crippen LogP contribution is -2.04. The van der Waals surface area contributed by atoms with Gasteiger partial charge < -0.3 is 4.74 Å². The number of fused-ring (bicyclic) bond motifs is 1. The molecule has 112 valence electrons. The summed E-state index contributed by atoms with van der Waals surface area (Å²) in [7, 11) is 0. The molecule has 3 rings (SSSR count). The number of aromatic nitrogens is 3.